The Morgan fingerprint density at radius 1 is 1.24 bits per heavy atom. The smallest absolute Gasteiger partial charge is 0.326 e. The Hall–Kier alpha value is -1.26. The molecule has 0 aromatic carbocycles. The van der Waals surface area contributed by atoms with Gasteiger partial charge in [-0.15, -0.1) is 0 Å². The molecule has 5 nitrogen and oxygen atoms in total. The van der Waals surface area contributed by atoms with E-state index in [0.29, 0.717) is 0 Å². The molecule has 17 heavy (non-hydrogen) atoms. The quantitative estimate of drug-likeness (QED) is 0.742. The molecule has 0 bridgehead atoms. The zero-order chi connectivity index (χ0) is 12.8. The van der Waals surface area contributed by atoms with E-state index in [1.54, 1.807) is 0 Å². The van der Waals surface area contributed by atoms with Crippen LogP contribution in [0.3, 0.4) is 0 Å². The van der Waals surface area contributed by atoms with Crippen LogP contribution >= 0.6 is 0 Å². The maximum absolute atomic E-state index is 11.8. The number of urea groups is 1. The maximum atomic E-state index is 11.8. The van der Waals surface area contributed by atoms with Gasteiger partial charge in [-0.2, -0.15) is 0 Å². The van der Waals surface area contributed by atoms with Gasteiger partial charge >= 0.3 is 12.0 Å². The number of hydrogen-bond donors (Lipinski definition) is 2. The van der Waals surface area contributed by atoms with E-state index in [4.69, 9.17) is 5.11 Å². The Balaban J connectivity index is 2.44. The van der Waals surface area contributed by atoms with E-state index in [2.05, 4.69) is 5.32 Å². The summed E-state index contributed by atoms with van der Waals surface area (Å²) in [6, 6.07) is -0.874. The molecule has 1 aliphatic carbocycles. The summed E-state index contributed by atoms with van der Waals surface area (Å²) < 4.78 is 0. The van der Waals surface area contributed by atoms with E-state index in [9.17, 15) is 9.59 Å². The second kappa shape index (κ2) is 6.47. The fourth-order valence-electron chi connectivity index (χ4n) is 2.04. The molecule has 0 heterocycles. The van der Waals surface area contributed by atoms with Crippen LogP contribution in [0.4, 0.5) is 4.79 Å². The van der Waals surface area contributed by atoms with E-state index in [1.807, 2.05) is 0 Å². The van der Waals surface area contributed by atoms with Crippen molar-refractivity contribution in [2.24, 2.45) is 0 Å². The van der Waals surface area contributed by atoms with Crippen LogP contribution in [-0.2, 0) is 4.79 Å². The molecule has 2 amide bonds. The summed E-state index contributed by atoms with van der Waals surface area (Å²) in [5.74, 6) is -0.983. The molecule has 0 saturated heterocycles. The minimum atomic E-state index is -0.983. The normalized spacial score (nSPS) is 19.2. The average molecular weight is 242 g/mol. The largest absolute Gasteiger partial charge is 0.480 e. The van der Waals surface area contributed by atoms with Crippen molar-refractivity contribution in [3.8, 4) is 0 Å². The molecule has 0 aromatic rings. The highest BCUT2D eigenvalue weighted by molar-refractivity contribution is 5.82. The monoisotopic (exact) mass is 242 g/mol. The lowest BCUT2D eigenvalue weighted by Gasteiger charge is -2.25. The highest BCUT2D eigenvalue weighted by Crippen LogP contribution is 2.17. The van der Waals surface area contributed by atoms with Gasteiger partial charge in [-0.25, -0.2) is 9.59 Å². The van der Waals surface area contributed by atoms with Crippen molar-refractivity contribution in [2.75, 3.05) is 7.05 Å². The minimum absolute atomic E-state index is 0.202. The number of carboxylic acid groups (broad SMARTS) is 1. The Morgan fingerprint density at radius 3 is 2.24 bits per heavy atom. The first-order valence-corrected chi connectivity index (χ1v) is 6.28. The number of rotatable bonds is 3. The summed E-state index contributed by atoms with van der Waals surface area (Å²) in [5.41, 5.74) is 0. The molecule has 0 aliphatic heterocycles. The van der Waals surface area contributed by atoms with Crippen LogP contribution in [0.2, 0.25) is 0 Å². The number of nitrogens with zero attached hydrogens (tertiary/aromatic N) is 1. The summed E-state index contributed by atoms with van der Waals surface area (Å²) in [5, 5.41) is 11.7. The van der Waals surface area contributed by atoms with Gasteiger partial charge in [0, 0.05) is 13.1 Å². The summed E-state index contributed by atoms with van der Waals surface area (Å²) >= 11 is 0. The van der Waals surface area contributed by atoms with Gasteiger partial charge in [0.15, 0.2) is 0 Å². The third-order valence-electron chi connectivity index (χ3n) is 3.44. The van der Waals surface area contributed by atoms with E-state index < -0.39 is 12.0 Å². The molecule has 1 atom stereocenters. The summed E-state index contributed by atoms with van der Waals surface area (Å²) in [7, 11) is 1.52. The van der Waals surface area contributed by atoms with E-state index in [1.165, 1.54) is 31.7 Å². The molecule has 0 aromatic heterocycles. The third kappa shape index (κ3) is 4.24. The molecule has 5 heteroatoms. The number of carboxylic acids is 1. The van der Waals surface area contributed by atoms with Crippen molar-refractivity contribution in [3.05, 3.63) is 0 Å². The second-order valence-electron chi connectivity index (χ2n) is 4.76. The molecular weight excluding hydrogens is 220 g/mol. The van der Waals surface area contributed by atoms with Gasteiger partial charge < -0.3 is 15.3 Å². The zero-order valence-corrected chi connectivity index (χ0v) is 10.6. The summed E-state index contributed by atoms with van der Waals surface area (Å²) in [6.45, 7) is 1.51. The molecule has 1 aliphatic rings. The van der Waals surface area contributed by atoms with Crippen molar-refractivity contribution in [2.45, 2.75) is 57.5 Å². The summed E-state index contributed by atoms with van der Waals surface area (Å²) in [4.78, 5) is 23.8. The van der Waals surface area contributed by atoms with E-state index in [-0.39, 0.29) is 12.1 Å². The Morgan fingerprint density at radius 2 is 1.76 bits per heavy atom. The number of hydrogen-bond acceptors (Lipinski definition) is 2. The van der Waals surface area contributed by atoms with Gasteiger partial charge in [0.25, 0.3) is 0 Å². The predicted octanol–water partition coefficient (Wildman–Crippen LogP) is 1.82. The van der Waals surface area contributed by atoms with Crippen LogP contribution in [0.25, 0.3) is 0 Å². The van der Waals surface area contributed by atoms with E-state index in [0.717, 1.165) is 25.7 Å². The molecule has 98 valence electrons. The van der Waals surface area contributed by atoms with Crippen molar-refractivity contribution >= 4 is 12.0 Å². The van der Waals surface area contributed by atoms with Gasteiger partial charge in [0.2, 0.25) is 0 Å². The molecule has 0 spiro atoms. The average Bonchev–Trinajstić information content (AvgIpc) is 2.55. The number of nitrogens with one attached hydrogen (secondary N) is 1. The van der Waals surface area contributed by atoms with Crippen LogP contribution in [0, 0.1) is 0 Å². The van der Waals surface area contributed by atoms with Gasteiger partial charge in [0.05, 0.1) is 0 Å². The first-order valence-electron chi connectivity index (χ1n) is 6.28. The molecule has 1 rings (SSSR count). The molecule has 1 unspecified atom stereocenters. The first-order chi connectivity index (χ1) is 8.02. The van der Waals surface area contributed by atoms with Crippen LogP contribution in [0.1, 0.15) is 45.4 Å². The molecular formula is C12H22N2O3. The zero-order valence-electron chi connectivity index (χ0n) is 10.6. The second-order valence-corrected chi connectivity index (χ2v) is 4.76. The number of amides is 2. The van der Waals surface area contributed by atoms with E-state index >= 15 is 0 Å². The minimum Gasteiger partial charge on any atom is -0.480 e. The molecule has 2 N–H and O–H groups in total. The van der Waals surface area contributed by atoms with Crippen LogP contribution in [-0.4, -0.2) is 41.1 Å². The molecule has 1 fully saturated rings. The molecule has 1 saturated carbocycles. The van der Waals surface area contributed by atoms with Crippen molar-refractivity contribution in [1.29, 1.82) is 0 Å². The third-order valence-corrected chi connectivity index (χ3v) is 3.44. The number of carbonyl (C=O) groups is 2. The Bertz CT molecular complexity index is 273. The number of likely N-dealkylation sites (N-methyl/N-ethyl adjacent to an activating group) is 1. The van der Waals surface area contributed by atoms with Crippen molar-refractivity contribution in [3.63, 3.8) is 0 Å². The lowest BCUT2D eigenvalue weighted by atomic mass is 10.1. The maximum Gasteiger partial charge on any atom is 0.326 e. The lowest BCUT2D eigenvalue weighted by molar-refractivity contribution is -0.141. The highest BCUT2D eigenvalue weighted by atomic mass is 16.4. The van der Waals surface area contributed by atoms with Crippen LogP contribution < -0.4 is 5.32 Å². The Labute approximate surface area is 102 Å². The fourth-order valence-corrected chi connectivity index (χ4v) is 2.04. The number of carbonyl (C=O) groups excluding carboxylic acids is 1. The first kappa shape index (κ1) is 13.8. The fraction of sp³-hybridized carbons (Fsp3) is 0.833. The lowest BCUT2D eigenvalue weighted by Crippen LogP contribution is -2.48. The van der Waals surface area contributed by atoms with Gasteiger partial charge in [-0.1, -0.05) is 25.7 Å². The van der Waals surface area contributed by atoms with Crippen molar-refractivity contribution in [1.82, 2.24) is 10.2 Å². The summed E-state index contributed by atoms with van der Waals surface area (Å²) in [6.07, 6.45) is 6.75. The van der Waals surface area contributed by atoms with Crippen LogP contribution in [0.15, 0.2) is 0 Å². The standard InChI is InChI=1S/C12H22N2O3/c1-9(11(15)16)14(2)12(17)13-10-7-5-3-4-6-8-10/h9-10H,3-8H2,1-2H3,(H,13,17)(H,15,16). The topological polar surface area (TPSA) is 69.6 Å². The predicted molar refractivity (Wildman–Crippen MR) is 64.9 cm³/mol. The van der Waals surface area contributed by atoms with Gasteiger partial charge in [-0.05, 0) is 19.8 Å². The SMILES string of the molecule is CC(C(=O)O)N(C)C(=O)NC1CCCCCC1. The Kier molecular flexibility index (Phi) is 5.25. The highest BCUT2D eigenvalue weighted by Gasteiger charge is 2.23. The van der Waals surface area contributed by atoms with Gasteiger partial charge in [-0.3, -0.25) is 0 Å². The van der Waals surface area contributed by atoms with Gasteiger partial charge in [0.1, 0.15) is 6.04 Å². The number of aliphatic carboxylic acids is 1. The molecule has 0 radical (unpaired) electrons. The van der Waals surface area contributed by atoms with Crippen molar-refractivity contribution < 1.29 is 14.7 Å². The van der Waals surface area contributed by atoms with Crippen LogP contribution in [0.5, 0.6) is 0 Å².